The fourth-order valence-electron chi connectivity index (χ4n) is 12.2. The number of alkyl carbamates (subject to hydrolysis) is 1. The lowest BCUT2D eigenvalue weighted by Crippen LogP contribution is -2.62. The van der Waals surface area contributed by atoms with E-state index in [2.05, 4.69) is 47.0 Å². The molecule has 1 saturated heterocycles. The first-order valence-electron chi connectivity index (χ1n) is 28.3. The maximum atomic E-state index is 15.1. The molecule has 11 nitrogen and oxygen atoms in total. The number of likely N-dealkylation sites (N-methyl/N-ethyl adjacent to an activating group) is 1. The number of ether oxygens (including phenoxy) is 2. The van der Waals surface area contributed by atoms with E-state index >= 15 is 4.79 Å². The number of carbonyl (C=O) groups excluding carboxylic acids is 5. The summed E-state index contributed by atoms with van der Waals surface area (Å²) in [4.78, 5) is 75.3. The monoisotopic (exact) mass is 1060 g/mol. The SMILES string of the molecule is CC(C)[C@@H](C(=O)N[C@@H](CC(=O)OC(c1ccccc1)(c1ccc(C2CCCCCCCCCCCC2)cc1)c1ccccc1Cl)C(=O)N1CCCC1)N(C)C(=O)C(C)(C)NC(=O)OCC1c2ccccc2-c2ccccc21. The molecule has 5 aromatic rings. The number of esters is 1. The van der Waals surface area contributed by atoms with Crippen LogP contribution < -0.4 is 10.6 Å². The van der Waals surface area contributed by atoms with E-state index in [1.165, 1.54) is 81.7 Å². The number of rotatable bonds is 16. The smallest absolute Gasteiger partial charge is 0.408 e. The maximum absolute atomic E-state index is 15.1. The highest BCUT2D eigenvalue weighted by atomic mass is 35.5. The third-order valence-electron chi connectivity index (χ3n) is 16.2. The first kappa shape index (κ1) is 56.7. The van der Waals surface area contributed by atoms with Gasteiger partial charge in [-0.2, -0.15) is 0 Å². The van der Waals surface area contributed by atoms with Crippen molar-refractivity contribution in [1.82, 2.24) is 20.4 Å². The number of nitrogens with zero attached hydrogens (tertiary/aromatic N) is 2. The summed E-state index contributed by atoms with van der Waals surface area (Å²) < 4.78 is 12.7. The highest BCUT2D eigenvalue weighted by Gasteiger charge is 2.45. The summed E-state index contributed by atoms with van der Waals surface area (Å²) in [6.07, 6.45) is 15.2. The minimum absolute atomic E-state index is 0.0589. The minimum atomic E-state index is -1.55. The molecule has 77 heavy (non-hydrogen) atoms. The Bertz CT molecular complexity index is 2750. The Morgan fingerprint density at radius 2 is 1.18 bits per heavy atom. The molecular formula is C65H79ClN4O7. The van der Waals surface area contributed by atoms with Gasteiger partial charge >= 0.3 is 12.1 Å². The van der Waals surface area contributed by atoms with Crippen LogP contribution in [0.3, 0.4) is 0 Å². The topological polar surface area (TPSA) is 134 Å². The first-order chi connectivity index (χ1) is 37.2. The molecule has 2 N–H and O–H groups in total. The number of benzene rings is 5. The van der Waals surface area contributed by atoms with Crippen molar-refractivity contribution >= 4 is 41.4 Å². The average Bonchev–Trinajstić information content (AvgIpc) is 4.17. The van der Waals surface area contributed by atoms with E-state index in [9.17, 15) is 19.2 Å². The van der Waals surface area contributed by atoms with Crippen molar-refractivity contribution < 1.29 is 33.4 Å². The van der Waals surface area contributed by atoms with Crippen LogP contribution in [0.2, 0.25) is 5.02 Å². The molecule has 3 atom stereocenters. The van der Waals surface area contributed by atoms with Crippen LogP contribution in [-0.2, 0) is 34.3 Å². The fraction of sp³-hybridized carbons (Fsp3) is 0.462. The zero-order valence-electron chi connectivity index (χ0n) is 45.9. The van der Waals surface area contributed by atoms with Crippen LogP contribution in [0.5, 0.6) is 0 Å². The molecule has 3 aliphatic rings. The number of fused-ring (bicyclic) bond motifs is 3. The van der Waals surface area contributed by atoms with Crippen LogP contribution in [0.25, 0.3) is 11.1 Å². The molecule has 12 heteroatoms. The third-order valence-corrected chi connectivity index (χ3v) is 16.5. The summed E-state index contributed by atoms with van der Waals surface area (Å²) in [7, 11) is 1.51. The Balaban J connectivity index is 1.02. The summed E-state index contributed by atoms with van der Waals surface area (Å²) >= 11 is 7.14. The van der Waals surface area contributed by atoms with E-state index in [-0.39, 0.29) is 12.5 Å². The van der Waals surface area contributed by atoms with E-state index in [0.29, 0.717) is 40.7 Å². The van der Waals surface area contributed by atoms with Crippen molar-refractivity contribution in [1.29, 1.82) is 0 Å². The van der Waals surface area contributed by atoms with Gasteiger partial charge in [-0.25, -0.2) is 4.79 Å². The molecule has 0 bridgehead atoms. The maximum Gasteiger partial charge on any atom is 0.408 e. The number of amides is 4. The lowest BCUT2D eigenvalue weighted by Gasteiger charge is -2.37. The van der Waals surface area contributed by atoms with E-state index in [1.807, 2.05) is 84.9 Å². The molecule has 0 spiro atoms. The predicted octanol–water partition coefficient (Wildman–Crippen LogP) is 13.3. The van der Waals surface area contributed by atoms with Crippen LogP contribution >= 0.6 is 11.6 Å². The lowest BCUT2D eigenvalue weighted by molar-refractivity contribution is -0.156. The number of hydrogen-bond donors (Lipinski definition) is 2. The van der Waals surface area contributed by atoms with Crippen LogP contribution in [0, 0.1) is 5.92 Å². The molecule has 408 valence electrons. The number of carbonyl (C=O) groups is 5. The second-order valence-corrected chi connectivity index (χ2v) is 22.8. The molecule has 2 aliphatic carbocycles. The van der Waals surface area contributed by atoms with Crippen LogP contribution in [0.4, 0.5) is 4.79 Å². The predicted molar refractivity (Wildman–Crippen MR) is 304 cm³/mol. The van der Waals surface area contributed by atoms with E-state index in [0.717, 1.165) is 47.9 Å². The number of hydrogen-bond acceptors (Lipinski definition) is 7. The summed E-state index contributed by atoms with van der Waals surface area (Å²) in [5.74, 6) is -2.55. The lowest BCUT2D eigenvalue weighted by atomic mass is 9.78. The molecule has 5 aromatic carbocycles. The van der Waals surface area contributed by atoms with Gasteiger partial charge < -0.3 is 29.9 Å². The fourth-order valence-corrected chi connectivity index (χ4v) is 12.4. The second kappa shape index (κ2) is 26.3. The molecule has 1 aliphatic heterocycles. The first-order valence-corrected chi connectivity index (χ1v) is 28.7. The Morgan fingerprint density at radius 3 is 1.75 bits per heavy atom. The Labute approximate surface area is 461 Å². The van der Waals surface area contributed by atoms with Crippen molar-refractivity contribution in [3.05, 3.63) is 166 Å². The van der Waals surface area contributed by atoms with Gasteiger partial charge in [-0.05, 0) is 85.3 Å². The highest BCUT2D eigenvalue weighted by Crippen LogP contribution is 2.46. The third kappa shape index (κ3) is 13.5. The summed E-state index contributed by atoms with van der Waals surface area (Å²) in [6.45, 7) is 7.74. The largest absolute Gasteiger partial charge is 0.449 e. The molecular weight excluding hydrogens is 984 g/mol. The molecule has 1 unspecified atom stereocenters. The van der Waals surface area contributed by atoms with Crippen molar-refractivity contribution in [2.24, 2.45) is 5.92 Å². The van der Waals surface area contributed by atoms with Gasteiger partial charge in [0.05, 0.1) is 6.42 Å². The van der Waals surface area contributed by atoms with Gasteiger partial charge in [0.1, 0.15) is 24.2 Å². The van der Waals surface area contributed by atoms with E-state index in [1.54, 1.807) is 38.7 Å². The normalized spacial score (nSPS) is 17.3. The Morgan fingerprint density at radius 1 is 0.662 bits per heavy atom. The van der Waals surface area contributed by atoms with Gasteiger partial charge in [0.15, 0.2) is 5.60 Å². The van der Waals surface area contributed by atoms with Gasteiger partial charge in [0.25, 0.3) is 0 Å². The minimum Gasteiger partial charge on any atom is -0.449 e. The molecule has 2 fully saturated rings. The van der Waals surface area contributed by atoms with E-state index in [4.69, 9.17) is 21.1 Å². The number of nitrogens with one attached hydrogen (secondary N) is 2. The standard InChI is InChI=1S/C65H79ClN4O7/c1-45(2)59(69(5)62(74)64(3,4)68-63(75)76-44-54-52-33-21-19-31-50(52)51-32-20-22-34-53(51)54)60(72)67-57(61(73)70-41-25-26-42-70)43-58(71)77-65(48-29-17-14-18-30-48,55-35-23-24-36-56(55)66)49-39-37-47(38-40-49)46-27-15-12-10-8-6-7-9-11-13-16-28-46/h14,17-24,29-40,45-46,54,57,59H,6-13,15-16,25-28,41-44H2,1-5H3,(H,67,72)(H,68,75)/t57-,59-,65?/m0/s1. The van der Waals surface area contributed by atoms with Gasteiger partial charge in [0.2, 0.25) is 17.7 Å². The molecule has 4 amide bonds. The quantitative estimate of drug-likeness (QED) is 0.0742. The van der Waals surface area contributed by atoms with E-state index < -0.39 is 65.3 Å². The van der Waals surface area contributed by atoms with Crippen LogP contribution in [-0.4, -0.2) is 84.0 Å². The van der Waals surface area contributed by atoms with Gasteiger partial charge in [-0.3, -0.25) is 19.2 Å². The van der Waals surface area contributed by atoms with Crippen molar-refractivity contribution in [2.45, 2.75) is 159 Å². The number of likely N-dealkylation sites (tertiary alicyclic amines) is 1. The molecule has 1 heterocycles. The molecule has 0 radical (unpaired) electrons. The summed E-state index contributed by atoms with van der Waals surface area (Å²) in [5, 5.41) is 6.07. The van der Waals surface area contributed by atoms with Crippen molar-refractivity contribution in [2.75, 3.05) is 26.7 Å². The Kier molecular flexibility index (Phi) is 19.3. The zero-order chi connectivity index (χ0) is 54.5. The van der Waals surface area contributed by atoms with Crippen LogP contribution in [0.1, 0.15) is 169 Å². The number of halogens is 1. The van der Waals surface area contributed by atoms with Crippen molar-refractivity contribution in [3.63, 3.8) is 0 Å². The highest BCUT2D eigenvalue weighted by molar-refractivity contribution is 6.31. The van der Waals surface area contributed by atoms with Crippen molar-refractivity contribution in [3.8, 4) is 11.1 Å². The average molecular weight is 1060 g/mol. The van der Waals surface area contributed by atoms with Gasteiger partial charge in [-0.15, -0.1) is 0 Å². The summed E-state index contributed by atoms with van der Waals surface area (Å²) in [5.41, 5.74) is 4.42. The van der Waals surface area contributed by atoms with Crippen LogP contribution in [0.15, 0.2) is 127 Å². The zero-order valence-corrected chi connectivity index (χ0v) is 46.6. The Hall–Kier alpha value is -6.46. The van der Waals surface area contributed by atoms with Gasteiger partial charge in [-0.1, -0.05) is 211 Å². The summed E-state index contributed by atoms with van der Waals surface area (Å²) in [6, 6.07) is 39.0. The molecule has 8 rings (SSSR count). The van der Waals surface area contributed by atoms with Gasteiger partial charge in [0, 0.05) is 47.8 Å². The molecule has 0 aromatic heterocycles. The second-order valence-electron chi connectivity index (χ2n) is 22.4. The molecule has 1 saturated carbocycles.